The van der Waals surface area contributed by atoms with E-state index in [-0.39, 0.29) is 16.9 Å². The Bertz CT molecular complexity index is 1290. The van der Waals surface area contributed by atoms with Crippen molar-refractivity contribution in [3.05, 3.63) is 94.5 Å². The van der Waals surface area contributed by atoms with Crippen LogP contribution in [0.25, 0.3) is 0 Å². The Labute approximate surface area is 196 Å². The molecule has 0 aromatic heterocycles. The van der Waals surface area contributed by atoms with Gasteiger partial charge in [-0.15, -0.1) is 0 Å². The summed E-state index contributed by atoms with van der Waals surface area (Å²) in [5, 5.41) is 3.66. The molecule has 2 N–H and O–H groups in total. The van der Waals surface area contributed by atoms with Crippen LogP contribution in [0.5, 0.6) is 5.75 Å². The second kappa shape index (κ2) is 8.30. The predicted octanol–water partition coefficient (Wildman–Crippen LogP) is 6.09. The van der Waals surface area contributed by atoms with Crippen molar-refractivity contribution in [1.82, 2.24) is 0 Å². The van der Waals surface area contributed by atoms with E-state index in [1.165, 1.54) is 5.56 Å². The highest BCUT2D eigenvalue weighted by Crippen LogP contribution is 2.50. The number of hydrogen-bond acceptors (Lipinski definition) is 4. The summed E-state index contributed by atoms with van der Waals surface area (Å²) in [4.78, 5) is 0.252. The van der Waals surface area contributed by atoms with E-state index in [1.807, 2.05) is 6.07 Å². The van der Waals surface area contributed by atoms with E-state index in [0.717, 1.165) is 22.1 Å². The average Bonchev–Trinajstić information content (AvgIpc) is 3.29. The van der Waals surface area contributed by atoms with E-state index >= 15 is 0 Å². The Kier molecular flexibility index (Phi) is 5.47. The van der Waals surface area contributed by atoms with Crippen LogP contribution in [0.15, 0.2) is 88.3 Å². The topological polar surface area (TPSA) is 67.4 Å². The van der Waals surface area contributed by atoms with Crippen molar-refractivity contribution in [1.29, 1.82) is 0 Å². The van der Waals surface area contributed by atoms with Crippen LogP contribution < -0.4 is 14.8 Å². The van der Waals surface area contributed by atoms with Gasteiger partial charge in [-0.05, 0) is 65.9 Å². The lowest BCUT2D eigenvalue weighted by Crippen LogP contribution is -2.29. The monoisotopic (exact) mass is 510 g/mol. The molecule has 5 rings (SSSR count). The smallest absolute Gasteiger partial charge is 0.261 e. The summed E-state index contributed by atoms with van der Waals surface area (Å²) >= 11 is 3.51. The van der Waals surface area contributed by atoms with Gasteiger partial charge in [0.05, 0.1) is 23.7 Å². The lowest BCUT2D eigenvalue weighted by molar-refractivity contribution is 0.415. The first-order valence-electron chi connectivity index (χ1n) is 10.4. The molecule has 0 bridgehead atoms. The first-order chi connectivity index (χ1) is 15.4. The average molecular weight is 511 g/mol. The molecule has 1 heterocycles. The number of fused-ring (bicyclic) bond motifs is 3. The first-order valence-corrected chi connectivity index (χ1v) is 12.7. The molecule has 3 aromatic carbocycles. The number of allylic oxidation sites excluding steroid dienone is 2. The normalized spacial score (nSPS) is 21.4. The van der Waals surface area contributed by atoms with Crippen molar-refractivity contribution >= 4 is 37.3 Å². The third kappa shape index (κ3) is 3.91. The summed E-state index contributed by atoms with van der Waals surface area (Å²) in [5.74, 6) is 1.11. The summed E-state index contributed by atoms with van der Waals surface area (Å²) in [7, 11) is -2.18. The number of rotatable bonds is 5. The Morgan fingerprint density at radius 2 is 1.88 bits per heavy atom. The third-order valence-corrected chi connectivity index (χ3v) is 8.10. The van der Waals surface area contributed by atoms with Crippen LogP contribution in [0, 0.1) is 5.92 Å². The van der Waals surface area contributed by atoms with E-state index in [2.05, 4.69) is 62.4 Å². The van der Waals surface area contributed by atoms with Gasteiger partial charge in [0, 0.05) is 22.1 Å². The van der Waals surface area contributed by atoms with E-state index in [9.17, 15) is 8.42 Å². The number of benzene rings is 3. The van der Waals surface area contributed by atoms with Gasteiger partial charge >= 0.3 is 0 Å². The molecule has 1 aliphatic heterocycles. The van der Waals surface area contributed by atoms with Gasteiger partial charge in [0.15, 0.2) is 0 Å². The first kappa shape index (κ1) is 21.1. The van der Waals surface area contributed by atoms with Crippen molar-refractivity contribution in [3.63, 3.8) is 0 Å². The molecule has 0 saturated carbocycles. The molecular formula is C25H23BrN2O3S. The zero-order valence-corrected chi connectivity index (χ0v) is 19.9. The van der Waals surface area contributed by atoms with Crippen molar-refractivity contribution in [2.45, 2.75) is 23.3 Å². The van der Waals surface area contributed by atoms with E-state index in [1.54, 1.807) is 43.5 Å². The molecule has 1 aliphatic carbocycles. The maximum Gasteiger partial charge on any atom is 0.261 e. The highest BCUT2D eigenvalue weighted by molar-refractivity contribution is 9.10. The number of sulfonamides is 1. The Morgan fingerprint density at radius 3 is 2.66 bits per heavy atom. The molecule has 0 unspecified atom stereocenters. The fraction of sp³-hybridized carbons (Fsp3) is 0.200. The van der Waals surface area contributed by atoms with Crippen LogP contribution in [0.1, 0.15) is 29.5 Å². The van der Waals surface area contributed by atoms with Gasteiger partial charge in [-0.2, -0.15) is 0 Å². The Balaban J connectivity index is 1.47. The maximum absolute atomic E-state index is 13.1. The molecule has 0 spiro atoms. The second-order valence-electron chi connectivity index (χ2n) is 8.11. The minimum atomic E-state index is -3.73. The Morgan fingerprint density at radius 1 is 1.06 bits per heavy atom. The van der Waals surface area contributed by atoms with Gasteiger partial charge in [-0.25, -0.2) is 8.42 Å². The van der Waals surface area contributed by atoms with Crippen LogP contribution in [0.4, 0.5) is 11.4 Å². The van der Waals surface area contributed by atoms with Crippen LogP contribution >= 0.6 is 15.9 Å². The van der Waals surface area contributed by atoms with E-state index in [4.69, 9.17) is 4.74 Å². The molecule has 3 aromatic rings. The van der Waals surface area contributed by atoms with Gasteiger partial charge in [-0.1, -0.05) is 46.3 Å². The molecule has 7 heteroatoms. The molecule has 2 aliphatic rings. The fourth-order valence-electron chi connectivity index (χ4n) is 4.64. The van der Waals surface area contributed by atoms with Crippen LogP contribution in [0.2, 0.25) is 0 Å². The summed E-state index contributed by atoms with van der Waals surface area (Å²) in [6.45, 7) is 0. The zero-order valence-electron chi connectivity index (χ0n) is 17.5. The molecule has 0 fully saturated rings. The van der Waals surface area contributed by atoms with Crippen molar-refractivity contribution in [2.75, 3.05) is 17.1 Å². The van der Waals surface area contributed by atoms with Gasteiger partial charge in [0.25, 0.3) is 10.0 Å². The molecule has 0 saturated heterocycles. The van der Waals surface area contributed by atoms with Gasteiger partial charge in [0.2, 0.25) is 0 Å². The summed E-state index contributed by atoms with van der Waals surface area (Å²) in [6.07, 6.45) is 5.37. The molecule has 32 heavy (non-hydrogen) atoms. The highest BCUT2D eigenvalue weighted by Gasteiger charge is 2.38. The largest absolute Gasteiger partial charge is 0.497 e. The molecule has 164 valence electrons. The quantitative estimate of drug-likeness (QED) is 0.407. The predicted molar refractivity (Wildman–Crippen MR) is 131 cm³/mol. The maximum atomic E-state index is 13.1. The fourth-order valence-corrected chi connectivity index (χ4v) is 5.99. The summed E-state index contributed by atoms with van der Waals surface area (Å²) in [6, 6.07) is 20.8. The van der Waals surface area contributed by atoms with Crippen LogP contribution in [0.3, 0.4) is 0 Å². The number of halogens is 1. The van der Waals surface area contributed by atoms with E-state index in [0.29, 0.717) is 17.4 Å². The summed E-state index contributed by atoms with van der Waals surface area (Å²) < 4.78 is 35.1. The number of nitrogens with one attached hydrogen (secondary N) is 2. The van der Waals surface area contributed by atoms with Gasteiger partial charge < -0.3 is 10.1 Å². The summed E-state index contributed by atoms with van der Waals surface area (Å²) in [5.41, 5.74) is 3.69. The molecule has 0 amide bonds. The molecule has 3 atom stereocenters. The standard InChI is InChI=1S/C25H23BrN2O3S/c1-31-19-5-2-4-18(14-19)28-32(29,30)20-12-13-24-23(15-20)21-6-3-7-22(21)25(27-24)16-8-10-17(26)11-9-16/h2-6,8-15,21-22,25,27-28H,7H2,1H3/t21-,22+,25+/m0/s1. The lowest BCUT2D eigenvalue weighted by Gasteiger charge is -2.37. The van der Waals surface area contributed by atoms with E-state index < -0.39 is 10.0 Å². The number of methoxy groups -OCH3 is 1. The van der Waals surface area contributed by atoms with Crippen molar-refractivity contribution in [2.24, 2.45) is 5.92 Å². The number of hydrogen-bond donors (Lipinski definition) is 2. The Hall–Kier alpha value is -2.77. The third-order valence-electron chi connectivity index (χ3n) is 6.20. The van der Waals surface area contributed by atoms with Gasteiger partial charge in [0.1, 0.15) is 5.75 Å². The lowest BCUT2D eigenvalue weighted by atomic mass is 9.77. The second-order valence-corrected chi connectivity index (χ2v) is 10.7. The minimum absolute atomic E-state index is 0.173. The van der Waals surface area contributed by atoms with Gasteiger partial charge in [-0.3, -0.25) is 4.72 Å². The number of ether oxygens (including phenoxy) is 1. The molecular weight excluding hydrogens is 488 g/mol. The van der Waals surface area contributed by atoms with Crippen LogP contribution in [-0.2, 0) is 10.0 Å². The van der Waals surface area contributed by atoms with Crippen molar-refractivity contribution < 1.29 is 13.2 Å². The molecule has 5 nitrogen and oxygen atoms in total. The SMILES string of the molecule is COc1cccc(NS(=O)(=O)c2ccc3c(c2)[C@H]2C=CC[C@H]2[C@@H](c2ccc(Br)cc2)N3)c1. The highest BCUT2D eigenvalue weighted by atomic mass is 79.9. The van der Waals surface area contributed by atoms with Crippen molar-refractivity contribution in [3.8, 4) is 5.75 Å². The zero-order chi connectivity index (χ0) is 22.3. The number of anilines is 2. The van der Waals surface area contributed by atoms with Crippen LogP contribution in [-0.4, -0.2) is 15.5 Å². The minimum Gasteiger partial charge on any atom is -0.497 e. The molecule has 0 radical (unpaired) electrons.